The SMILES string of the molecule is C1=Cc2c(n(-c3ccc(-c4c(-c5ccccc5)c(-c5ccccc5)c(-c5ccc(-n6c7ccccc7c7ccccc76)cc5)c5ccc(-n6c7ccccc7c7ccccc76)cc45)cc3)c3ccccc23)CC1. The number of hydrogen-bond acceptors (Lipinski definition) is 0. The van der Waals surface area contributed by atoms with Crippen LogP contribution >= 0.6 is 0 Å². The topological polar surface area (TPSA) is 14.8 Å². The number of allylic oxidation sites excluding steroid dienone is 1. The first-order chi connectivity index (χ1) is 36.3. The zero-order valence-electron chi connectivity index (χ0n) is 40.1. The van der Waals surface area contributed by atoms with Gasteiger partial charge in [0.15, 0.2) is 0 Å². The molecule has 3 nitrogen and oxygen atoms in total. The van der Waals surface area contributed by atoms with Crippen LogP contribution in [0, 0.1) is 0 Å². The lowest BCUT2D eigenvalue weighted by atomic mass is 9.79. The van der Waals surface area contributed by atoms with Crippen molar-refractivity contribution in [1.29, 1.82) is 0 Å². The highest BCUT2D eigenvalue weighted by atomic mass is 15.0. The molecule has 0 spiro atoms. The first kappa shape index (κ1) is 41.4. The van der Waals surface area contributed by atoms with E-state index in [0.29, 0.717) is 0 Å². The van der Waals surface area contributed by atoms with Gasteiger partial charge in [-0.3, -0.25) is 0 Å². The van der Waals surface area contributed by atoms with Gasteiger partial charge in [0, 0.05) is 55.3 Å². The van der Waals surface area contributed by atoms with Gasteiger partial charge in [-0.25, -0.2) is 0 Å². The largest absolute Gasteiger partial charge is 0.313 e. The van der Waals surface area contributed by atoms with E-state index in [1.807, 2.05) is 0 Å². The summed E-state index contributed by atoms with van der Waals surface area (Å²) in [7, 11) is 0. The molecule has 11 aromatic carbocycles. The molecule has 342 valence electrons. The maximum absolute atomic E-state index is 2.50. The van der Waals surface area contributed by atoms with Crippen LogP contribution in [0.4, 0.5) is 0 Å². The minimum atomic E-state index is 1.01. The van der Waals surface area contributed by atoms with Crippen LogP contribution in [0.2, 0.25) is 0 Å². The number of fused-ring (bicyclic) bond motifs is 10. The summed E-state index contributed by atoms with van der Waals surface area (Å²) in [5.41, 5.74) is 21.7. The Morgan fingerprint density at radius 2 is 0.630 bits per heavy atom. The molecule has 0 aliphatic heterocycles. The van der Waals surface area contributed by atoms with Crippen molar-refractivity contribution in [2.75, 3.05) is 0 Å². The summed E-state index contributed by atoms with van der Waals surface area (Å²) in [6, 6.07) is 92.2. The Kier molecular flexibility index (Phi) is 9.40. The second-order valence-electron chi connectivity index (χ2n) is 19.4. The fourth-order valence-corrected chi connectivity index (χ4v) is 12.4. The maximum atomic E-state index is 2.50. The fourth-order valence-electron chi connectivity index (χ4n) is 12.4. The monoisotopic (exact) mass is 929 g/mol. The average Bonchev–Trinajstić information content (AvgIpc) is 4.12. The summed E-state index contributed by atoms with van der Waals surface area (Å²) in [6.45, 7) is 0. The normalized spacial score (nSPS) is 12.5. The molecule has 3 heteroatoms. The molecule has 1 aliphatic carbocycles. The van der Waals surface area contributed by atoms with Crippen molar-refractivity contribution in [2.45, 2.75) is 12.8 Å². The highest BCUT2D eigenvalue weighted by Crippen LogP contribution is 2.52. The van der Waals surface area contributed by atoms with Gasteiger partial charge < -0.3 is 13.7 Å². The van der Waals surface area contributed by atoms with Crippen LogP contribution in [0.1, 0.15) is 17.7 Å². The van der Waals surface area contributed by atoms with Gasteiger partial charge in [-0.1, -0.05) is 194 Å². The van der Waals surface area contributed by atoms with E-state index in [4.69, 9.17) is 0 Å². The molecule has 73 heavy (non-hydrogen) atoms. The summed E-state index contributed by atoms with van der Waals surface area (Å²) < 4.78 is 7.36. The van der Waals surface area contributed by atoms with Crippen molar-refractivity contribution in [3.8, 4) is 61.6 Å². The molecule has 1 aliphatic rings. The molecule has 15 rings (SSSR count). The molecule has 3 aromatic heterocycles. The van der Waals surface area contributed by atoms with Gasteiger partial charge in [-0.05, 0) is 135 Å². The van der Waals surface area contributed by atoms with Crippen LogP contribution in [0.15, 0.2) is 255 Å². The molecular formula is C70H47N3. The molecule has 0 unspecified atom stereocenters. The zero-order chi connectivity index (χ0) is 48.0. The van der Waals surface area contributed by atoms with Crippen LogP contribution in [0.3, 0.4) is 0 Å². The Balaban J connectivity index is 1.04. The number of nitrogens with zero attached hydrogens (tertiary/aromatic N) is 3. The van der Waals surface area contributed by atoms with Crippen molar-refractivity contribution in [3.05, 3.63) is 266 Å². The van der Waals surface area contributed by atoms with Gasteiger partial charge in [0.1, 0.15) is 0 Å². The third-order valence-corrected chi connectivity index (χ3v) is 15.5. The smallest absolute Gasteiger partial charge is 0.0541 e. The Morgan fingerprint density at radius 3 is 1.12 bits per heavy atom. The lowest BCUT2D eigenvalue weighted by molar-refractivity contribution is 0.888. The van der Waals surface area contributed by atoms with Gasteiger partial charge in [0.05, 0.1) is 27.6 Å². The number of aromatic nitrogens is 3. The number of benzene rings is 11. The molecular weight excluding hydrogens is 883 g/mol. The Labute approximate surface area is 423 Å². The Bertz CT molecular complexity index is 4400. The maximum Gasteiger partial charge on any atom is 0.0541 e. The second kappa shape index (κ2) is 16.6. The minimum Gasteiger partial charge on any atom is -0.313 e. The van der Waals surface area contributed by atoms with E-state index in [1.165, 1.54) is 121 Å². The van der Waals surface area contributed by atoms with Gasteiger partial charge in [0.25, 0.3) is 0 Å². The predicted octanol–water partition coefficient (Wildman–Crippen LogP) is 18.6. The minimum absolute atomic E-state index is 1.01. The van der Waals surface area contributed by atoms with Gasteiger partial charge >= 0.3 is 0 Å². The van der Waals surface area contributed by atoms with Crippen LogP contribution in [0.5, 0.6) is 0 Å². The first-order valence-electron chi connectivity index (χ1n) is 25.5. The van der Waals surface area contributed by atoms with Crippen LogP contribution < -0.4 is 0 Å². The van der Waals surface area contributed by atoms with Crippen LogP contribution in [-0.4, -0.2) is 13.7 Å². The van der Waals surface area contributed by atoms with Crippen LogP contribution in [0.25, 0.3) is 133 Å². The van der Waals surface area contributed by atoms with Crippen molar-refractivity contribution in [1.82, 2.24) is 13.7 Å². The molecule has 0 N–H and O–H groups in total. The van der Waals surface area contributed by atoms with E-state index in [0.717, 1.165) is 29.8 Å². The molecule has 0 fully saturated rings. The van der Waals surface area contributed by atoms with E-state index in [1.54, 1.807) is 0 Å². The highest BCUT2D eigenvalue weighted by Gasteiger charge is 2.26. The number of rotatable bonds is 7. The quantitative estimate of drug-likeness (QED) is 0.151. The van der Waals surface area contributed by atoms with Gasteiger partial charge in [-0.15, -0.1) is 0 Å². The summed E-state index contributed by atoms with van der Waals surface area (Å²) in [6.07, 6.45) is 6.70. The van der Waals surface area contributed by atoms with Crippen molar-refractivity contribution >= 4 is 71.4 Å². The Morgan fingerprint density at radius 1 is 0.260 bits per heavy atom. The lowest BCUT2D eigenvalue weighted by Crippen LogP contribution is -2.03. The molecule has 0 amide bonds. The lowest BCUT2D eigenvalue weighted by Gasteiger charge is -2.25. The molecule has 0 atom stereocenters. The van der Waals surface area contributed by atoms with Gasteiger partial charge in [-0.2, -0.15) is 0 Å². The van der Waals surface area contributed by atoms with Crippen LogP contribution in [-0.2, 0) is 6.42 Å². The highest BCUT2D eigenvalue weighted by molar-refractivity contribution is 6.19. The fraction of sp³-hybridized carbons (Fsp3) is 0.0286. The van der Waals surface area contributed by atoms with Crippen molar-refractivity contribution in [3.63, 3.8) is 0 Å². The molecule has 0 saturated carbocycles. The summed E-state index contributed by atoms with van der Waals surface area (Å²) in [5.74, 6) is 0. The average molecular weight is 930 g/mol. The Hall–Kier alpha value is -9.44. The van der Waals surface area contributed by atoms with E-state index in [2.05, 4.69) is 275 Å². The molecule has 14 aromatic rings. The van der Waals surface area contributed by atoms with Crippen molar-refractivity contribution < 1.29 is 0 Å². The summed E-state index contributed by atoms with van der Waals surface area (Å²) in [4.78, 5) is 0. The van der Waals surface area contributed by atoms with E-state index < -0.39 is 0 Å². The van der Waals surface area contributed by atoms with Crippen molar-refractivity contribution in [2.24, 2.45) is 0 Å². The standard InChI is InChI=1S/C70H47N3/c1-3-19-46(20-4-1)69-67(48-35-39-50(40-36-48)71-61-29-13-7-23-53(61)54-24-8-14-30-62(54)71)59-44-43-52(73-65-33-17-11-27-57(65)58-28-12-18-34-66(58)73)45-60(59)68(70(69)47-21-5-2-6-22-47)49-37-41-51(42-38-49)72-63-31-15-9-25-55(63)56-26-10-16-32-64(56)72/h1-15,17-31,33-45H,16,32H2. The van der Waals surface area contributed by atoms with E-state index in [-0.39, 0.29) is 0 Å². The van der Waals surface area contributed by atoms with E-state index in [9.17, 15) is 0 Å². The molecule has 3 heterocycles. The number of hydrogen-bond donors (Lipinski definition) is 0. The third kappa shape index (κ3) is 6.39. The van der Waals surface area contributed by atoms with E-state index >= 15 is 0 Å². The molecule has 0 saturated heterocycles. The molecule has 0 bridgehead atoms. The number of para-hydroxylation sites is 5. The molecule has 0 radical (unpaired) electrons. The first-order valence-corrected chi connectivity index (χ1v) is 25.5. The van der Waals surface area contributed by atoms with Gasteiger partial charge in [0.2, 0.25) is 0 Å². The zero-order valence-corrected chi connectivity index (χ0v) is 40.1. The second-order valence-corrected chi connectivity index (χ2v) is 19.4. The summed E-state index contributed by atoms with van der Waals surface area (Å²) >= 11 is 0. The third-order valence-electron chi connectivity index (χ3n) is 15.5. The summed E-state index contributed by atoms with van der Waals surface area (Å²) in [5, 5.41) is 8.71. The predicted molar refractivity (Wildman–Crippen MR) is 309 cm³/mol.